The second-order valence-corrected chi connectivity index (χ2v) is 4.78. The van der Waals surface area contributed by atoms with Crippen molar-refractivity contribution in [2.45, 2.75) is 6.92 Å². The van der Waals surface area contributed by atoms with Crippen molar-refractivity contribution in [3.63, 3.8) is 0 Å². The Morgan fingerprint density at radius 1 is 1.35 bits per heavy atom. The number of pyridine rings is 1. The average molecular weight is 228 g/mol. The molecular weight excluding hydrogens is 212 g/mol. The molecule has 3 heteroatoms. The highest BCUT2D eigenvalue weighted by atomic mass is 16.3. The number of aromatic nitrogens is 1. The van der Waals surface area contributed by atoms with Crippen LogP contribution in [-0.2, 0) is 0 Å². The molecule has 1 N–H and O–H groups in total. The summed E-state index contributed by atoms with van der Waals surface area (Å²) in [6.07, 6.45) is 0. The van der Waals surface area contributed by atoms with Gasteiger partial charge in [-0.15, -0.1) is 0 Å². The maximum Gasteiger partial charge on any atom is 0.132 e. The third-order valence-corrected chi connectivity index (χ3v) is 3.40. The summed E-state index contributed by atoms with van der Waals surface area (Å²) in [6.45, 7) is 4.22. The maximum absolute atomic E-state index is 9.04. The van der Waals surface area contributed by atoms with Crippen LogP contribution in [-0.4, -0.2) is 29.8 Å². The van der Waals surface area contributed by atoms with Crippen molar-refractivity contribution in [2.75, 3.05) is 24.6 Å². The lowest BCUT2D eigenvalue weighted by Gasteiger charge is -2.40. The molecule has 0 unspecified atom stereocenters. The zero-order valence-electron chi connectivity index (χ0n) is 9.93. The fourth-order valence-corrected chi connectivity index (χ4v) is 2.39. The van der Waals surface area contributed by atoms with Crippen molar-refractivity contribution in [3.05, 3.63) is 35.9 Å². The van der Waals surface area contributed by atoms with Crippen molar-refractivity contribution in [1.82, 2.24) is 4.98 Å². The zero-order valence-corrected chi connectivity index (χ0v) is 9.93. The van der Waals surface area contributed by atoms with Gasteiger partial charge in [-0.25, -0.2) is 4.98 Å². The Bertz CT molecular complexity index is 547. The second-order valence-electron chi connectivity index (χ2n) is 4.78. The molecule has 0 amide bonds. The van der Waals surface area contributed by atoms with Crippen molar-refractivity contribution in [3.8, 4) is 0 Å². The molecule has 88 valence electrons. The standard InChI is InChI=1S/C14H16N2O/c1-10-6-12-4-2-3-5-13(12)15-14(10)16-7-11(8-16)9-17/h2-6,11,17H,7-9H2,1H3. The number of rotatable bonds is 2. The molecule has 1 aliphatic rings. The Balaban J connectivity index is 1.97. The van der Waals surface area contributed by atoms with Crippen molar-refractivity contribution >= 4 is 16.7 Å². The van der Waals surface area contributed by atoms with E-state index in [9.17, 15) is 0 Å². The summed E-state index contributed by atoms with van der Waals surface area (Å²) in [4.78, 5) is 6.95. The van der Waals surface area contributed by atoms with Crippen LogP contribution < -0.4 is 4.90 Å². The summed E-state index contributed by atoms with van der Waals surface area (Å²) in [5.41, 5.74) is 2.25. The number of anilines is 1. The first-order valence-electron chi connectivity index (χ1n) is 6.00. The van der Waals surface area contributed by atoms with Gasteiger partial charge in [-0.3, -0.25) is 0 Å². The fraction of sp³-hybridized carbons (Fsp3) is 0.357. The Kier molecular flexibility index (Phi) is 2.48. The van der Waals surface area contributed by atoms with E-state index in [1.807, 2.05) is 18.2 Å². The minimum absolute atomic E-state index is 0.281. The lowest BCUT2D eigenvalue weighted by atomic mass is 10.0. The number of hydrogen-bond donors (Lipinski definition) is 1. The van der Waals surface area contributed by atoms with E-state index >= 15 is 0 Å². The number of hydrogen-bond acceptors (Lipinski definition) is 3. The summed E-state index contributed by atoms with van der Waals surface area (Å²) in [5, 5.41) is 10.2. The molecule has 0 bridgehead atoms. The monoisotopic (exact) mass is 228 g/mol. The van der Waals surface area contributed by atoms with Gasteiger partial charge in [0.2, 0.25) is 0 Å². The number of benzene rings is 1. The first-order chi connectivity index (χ1) is 8.28. The summed E-state index contributed by atoms with van der Waals surface area (Å²) < 4.78 is 0. The normalized spacial score (nSPS) is 16.2. The number of aliphatic hydroxyl groups excluding tert-OH is 1. The van der Waals surface area contributed by atoms with E-state index in [1.54, 1.807) is 0 Å². The summed E-state index contributed by atoms with van der Waals surface area (Å²) in [6, 6.07) is 10.4. The number of aryl methyl sites for hydroxylation is 1. The van der Waals surface area contributed by atoms with E-state index < -0.39 is 0 Å². The van der Waals surface area contributed by atoms with E-state index in [4.69, 9.17) is 10.1 Å². The topological polar surface area (TPSA) is 36.4 Å². The fourth-order valence-electron chi connectivity index (χ4n) is 2.39. The molecule has 2 aromatic rings. The highest BCUT2D eigenvalue weighted by Gasteiger charge is 2.27. The SMILES string of the molecule is Cc1cc2ccccc2nc1N1CC(CO)C1. The predicted octanol–water partition coefficient (Wildman–Crippen LogP) is 1.97. The van der Waals surface area contributed by atoms with E-state index in [0.29, 0.717) is 5.92 Å². The lowest BCUT2D eigenvalue weighted by Crippen LogP contribution is -2.49. The number of nitrogens with zero attached hydrogens (tertiary/aromatic N) is 2. The van der Waals surface area contributed by atoms with Crippen LogP contribution in [0.5, 0.6) is 0 Å². The Labute approximate surface area is 101 Å². The zero-order chi connectivity index (χ0) is 11.8. The molecule has 1 fully saturated rings. The van der Waals surface area contributed by atoms with Crippen LogP contribution in [0.4, 0.5) is 5.82 Å². The molecule has 17 heavy (non-hydrogen) atoms. The van der Waals surface area contributed by atoms with Crippen LogP contribution in [0.1, 0.15) is 5.56 Å². The lowest BCUT2D eigenvalue weighted by molar-refractivity contribution is 0.200. The number of aliphatic hydroxyl groups is 1. The Hall–Kier alpha value is -1.61. The summed E-state index contributed by atoms with van der Waals surface area (Å²) >= 11 is 0. The van der Waals surface area contributed by atoms with Gasteiger partial charge in [-0.2, -0.15) is 0 Å². The average Bonchev–Trinajstić information content (AvgIpc) is 2.28. The molecule has 1 aromatic heterocycles. The van der Waals surface area contributed by atoms with Gasteiger partial charge in [0.05, 0.1) is 5.52 Å². The van der Waals surface area contributed by atoms with Gasteiger partial charge in [0.25, 0.3) is 0 Å². The quantitative estimate of drug-likeness (QED) is 0.853. The highest BCUT2D eigenvalue weighted by Crippen LogP contribution is 2.28. The molecule has 0 saturated carbocycles. The molecule has 3 rings (SSSR count). The minimum atomic E-state index is 0.281. The molecule has 3 nitrogen and oxygen atoms in total. The number of fused-ring (bicyclic) bond motifs is 1. The van der Waals surface area contributed by atoms with Crippen molar-refractivity contribution < 1.29 is 5.11 Å². The van der Waals surface area contributed by atoms with Crippen LogP contribution in [0.3, 0.4) is 0 Å². The van der Waals surface area contributed by atoms with E-state index in [-0.39, 0.29) is 6.61 Å². The molecule has 0 atom stereocenters. The van der Waals surface area contributed by atoms with Crippen LogP contribution in [0.2, 0.25) is 0 Å². The Morgan fingerprint density at radius 3 is 2.88 bits per heavy atom. The van der Waals surface area contributed by atoms with Crippen molar-refractivity contribution in [1.29, 1.82) is 0 Å². The largest absolute Gasteiger partial charge is 0.396 e. The van der Waals surface area contributed by atoms with E-state index in [2.05, 4.69) is 24.0 Å². The maximum atomic E-state index is 9.04. The predicted molar refractivity (Wildman–Crippen MR) is 69.3 cm³/mol. The van der Waals surface area contributed by atoms with Gasteiger partial charge in [0.15, 0.2) is 0 Å². The van der Waals surface area contributed by atoms with Crippen LogP contribution in [0, 0.1) is 12.8 Å². The first-order valence-corrected chi connectivity index (χ1v) is 6.00. The molecule has 0 aliphatic carbocycles. The molecule has 0 spiro atoms. The third kappa shape index (κ3) is 1.76. The molecule has 0 radical (unpaired) electrons. The molecule has 1 saturated heterocycles. The van der Waals surface area contributed by atoms with Gasteiger partial charge in [-0.1, -0.05) is 18.2 Å². The van der Waals surface area contributed by atoms with Gasteiger partial charge in [-0.05, 0) is 24.6 Å². The van der Waals surface area contributed by atoms with E-state index in [1.165, 1.54) is 10.9 Å². The first kappa shape index (κ1) is 10.5. The van der Waals surface area contributed by atoms with Crippen LogP contribution in [0.15, 0.2) is 30.3 Å². The van der Waals surface area contributed by atoms with E-state index in [0.717, 1.165) is 24.4 Å². The summed E-state index contributed by atoms with van der Waals surface area (Å²) in [5.74, 6) is 1.48. The van der Waals surface area contributed by atoms with Gasteiger partial charge >= 0.3 is 0 Å². The van der Waals surface area contributed by atoms with Gasteiger partial charge in [0.1, 0.15) is 5.82 Å². The van der Waals surface area contributed by atoms with Crippen LogP contribution >= 0.6 is 0 Å². The van der Waals surface area contributed by atoms with Crippen molar-refractivity contribution in [2.24, 2.45) is 5.92 Å². The minimum Gasteiger partial charge on any atom is -0.396 e. The summed E-state index contributed by atoms with van der Waals surface area (Å²) in [7, 11) is 0. The van der Waals surface area contributed by atoms with Gasteiger partial charge < -0.3 is 10.0 Å². The Morgan fingerprint density at radius 2 is 2.12 bits per heavy atom. The van der Waals surface area contributed by atoms with Gasteiger partial charge in [0, 0.05) is 31.0 Å². The number of para-hydroxylation sites is 1. The highest BCUT2D eigenvalue weighted by molar-refractivity contribution is 5.81. The third-order valence-electron chi connectivity index (χ3n) is 3.40. The molecule has 1 aromatic carbocycles. The molecule has 2 heterocycles. The molecular formula is C14H16N2O. The van der Waals surface area contributed by atoms with Crippen LogP contribution in [0.25, 0.3) is 10.9 Å². The smallest absolute Gasteiger partial charge is 0.132 e. The second kappa shape index (κ2) is 4.00. The molecule has 1 aliphatic heterocycles.